The van der Waals surface area contributed by atoms with Crippen LogP contribution >= 0.6 is 0 Å². The van der Waals surface area contributed by atoms with Crippen molar-refractivity contribution in [2.45, 2.75) is 64.6 Å². The Hall–Kier alpha value is -2.24. The molecular formula is C26H32O5. The maximum atomic E-state index is 6.35. The van der Waals surface area contributed by atoms with Crippen molar-refractivity contribution in [3.05, 3.63) is 35.4 Å². The third kappa shape index (κ3) is 4.26. The molecule has 0 N–H and O–H groups in total. The minimum absolute atomic E-state index is 0.226. The molecule has 0 bridgehead atoms. The normalized spacial score (nSPS) is 21.9. The Labute approximate surface area is 183 Å². The Morgan fingerprint density at radius 3 is 1.55 bits per heavy atom. The molecule has 2 aliphatic heterocycles. The average molecular weight is 425 g/mol. The van der Waals surface area contributed by atoms with Crippen molar-refractivity contribution in [3.8, 4) is 11.5 Å². The van der Waals surface area contributed by atoms with Gasteiger partial charge in [0.05, 0.1) is 13.2 Å². The van der Waals surface area contributed by atoms with E-state index in [1.807, 2.05) is 0 Å². The van der Waals surface area contributed by atoms with Crippen LogP contribution in [0, 0.1) is 0 Å². The van der Waals surface area contributed by atoms with Gasteiger partial charge in [0.25, 0.3) is 0 Å². The van der Waals surface area contributed by atoms with Gasteiger partial charge in [-0.1, -0.05) is 27.7 Å². The molecule has 2 aliphatic rings. The van der Waals surface area contributed by atoms with Crippen LogP contribution in [-0.4, -0.2) is 38.6 Å². The van der Waals surface area contributed by atoms with Gasteiger partial charge in [-0.3, -0.25) is 0 Å². The van der Waals surface area contributed by atoms with Gasteiger partial charge in [0.2, 0.25) is 0 Å². The number of ether oxygens (including phenoxy) is 4. The van der Waals surface area contributed by atoms with Gasteiger partial charge in [0.1, 0.15) is 48.1 Å². The maximum Gasteiger partial charge on any atom is 0.135 e. The second-order valence-corrected chi connectivity index (χ2v) is 9.03. The minimum atomic E-state index is 0.226. The van der Waals surface area contributed by atoms with Crippen LogP contribution < -0.4 is 9.47 Å². The van der Waals surface area contributed by atoms with Crippen LogP contribution in [0.5, 0.6) is 11.5 Å². The maximum absolute atomic E-state index is 6.35. The summed E-state index contributed by atoms with van der Waals surface area (Å²) >= 11 is 0. The fraction of sp³-hybridized carbons (Fsp3) is 0.538. The summed E-state index contributed by atoms with van der Waals surface area (Å²) in [6.45, 7) is 11.6. The molecule has 166 valence electrons. The zero-order valence-electron chi connectivity index (χ0n) is 18.9. The molecule has 0 spiro atoms. The fourth-order valence-electron chi connectivity index (χ4n) is 4.01. The fourth-order valence-corrected chi connectivity index (χ4v) is 4.01. The first-order valence-corrected chi connectivity index (χ1v) is 11.6. The van der Waals surface area contributed by atoms with Crippen LogP contribution in [0.1, 0.15) is 63.5 Å². The van der Waals surface area contributed by atoms with Crippen LogP contribution in [0.15, 0.2) is 28.7 Å². The van der Waals surface area contributed by atoms with Gasteiger partial charge < -0.3 is 23.4 Å². The molecule has 4 unspecified atom stereocenters. The molecule has 5 rings (SSSR count). The van der Waals surface area contributed by atoms with E-state index in [4.69, 9.17) is 23.4 Å². The molecular weight excluding hydrogens is 392 g/mol. The highest BCUT2D eigenvalue weighted by Gasteiger charge is 2.26. The Morgan fingerprint density at radius 1 is 0.774 bits per heavy atom. The molecule has 0 radical (unpaired) electrons. The summed E-state index contributed by atoms with van der Waals surface area (Å²) in [4.78, 5) is 0. The zero-order valence-corrected chi connectivity index (χ0v) is 18.9. The number of furan rings is 1. The van der Waals surface area contributed by atoms with Gasteiger partial charge in [-0.2, -0.15) is 0 Å². The Balaban J connectivity index is 1.60. The van der Waals surface area contributed by atoms with E-state index in [0.29, 0.717) is 25.0 Å². The molecule has 0 aliphatic carbocycles. The van der Waals surface area contributed by atoms with Gasteiger partial charge in [0, 0.05) is 21.9 Å². The second-order valence-electron chi connectivity index (χ2n) is 9.03. The van der Waals surface area contributed by atoms with Gasteiger partial charge in [-0.05, 0) is 48.9 Å². The Kier molecular flexibility index (Phi) is 5.57. The number of fused-ring (bicyclic) bond motifs is 3. The highest BCUT2D eigenvalue weighted by atomic mass is 16.6. The van der Waals surface area contributed by atoms with Crippen molar-refractivity contribution < 1.29 is 23.4 Å². The second kappa shape index (κ2) is 8.36. The lowest BCUT2D eigenvalue weighted by Crippen LogP contribution is -2.07. The van der Waals surface area contributed by atoms with Crippen molar-refractivity contribution in [1.82, 2.24) is 0 Å². The van der Waals surface area contributed by atoms with E-state index in [1.165, 1.54) is 11.1 Å². The van der Waals surface area contributed by atoms with Gasteiger partial charge in [-0.15, -0.1) is 0 Å². The van der Waals surface area contributed by atoms with Crippen LogP contribution in [0.3, 0.4) is 0 Å². The molecule has 3 heterocycles. The Bertz CT molecular complexity index is 992. The van der Waals surface area contributed by atoms with Crippen molar-refractivity contribution in [1.29, 1.82) is 0 Å². The molecule has 31 heavy (non-hydrogen) atoms. The van der Waals surface area contributed by atoms with Crippen molar-refractivity contribution in [2.24, 2.45) is 0 Å². The predicted octanol–water partition coefficient (Wildman–Crippen LogP) is 6.17. The Morgan fingerprint density at radius 2 is 1.19 bits per heavy atom. The smallest absolute Gasteiger partial charge is 0.135 e. The molecule has 0 saturated carbocycles. The monoisotopic (exact) mass is 424 g/mol. The lowest BCUT2D eigenvalue weighted by Gasteiger charge is -2.16. The van der Waals surface area contributed by atoms with Crippen molar-refractivity contribution >= 4 is 21.9 Å². The van der Waals surface area contributed by atoms with Crippen LogP contribution in [0.4, 0.5) is 0 Å². The van der Waals surface area contributed by atoms with Gasteiger partial charge in [0.15, 0.2) is 0 Å². The summed E-state index contributed by atoms with van der Waals surface area (Å²) in [6.07, 6.45) is 2.54. The third-order valence-electron chi connectivity index (χ3n) is 6.67. The number of epoxide rings is 2. The quantitative estimate of drug-likeness (QED) is 0.364. The van der Waals surface area contributed by atoms with E-state index >= 15 is 0 Å². The van der Waals surface area contributed by atoms with Crippen LogP contribution in [-0.2, 0) is 9.47 Å². The zero-order chi connectivity index (χ0) is 21.5. The number of hydrogen-bond donors (Lipinski definition) is 0. The van der Waals surface area contributed by atoms with E-state index in [0.717, 1.165) is 59.5 Å². The molecule has 2 aromatic carbocycles. The van der Waals surface area contributed by atoms with Crippen LogP contribution in [0.25, 0.3) is 21.9 Å². The molecule has 5 heteroatoms. The molecule has 3 aromatic rings. The van der Waals surface area contributed by atoms with Crippen molar-refractivity contribution in [2.75, 3.05) is 26.4 Å². The predicted molar refractivity (Wildman–Crippen MR) is 122 cm³/mol. The summed E-state index contributed by atoms with van der Waals surface area (Å²) < 4.78 is 29.4. The largest absolute Gasteiger partial charge is 0.490 e. The topological polar surface area (TPSA) is 56.7 Å². The van der Waals surface area contributed by atoms with E-state index in [9.17, 15) is 0 Å². The lowest BCUT2D eigenvalue weighted by atomic mass is 9.94. The molecule has 2 saturated heterocycles. The molecule has 2 fully saturated rings. The first-order chi connectivity index (χ1) is 15.1. The average Bonchev–Trinajstić information content (AvgIpc) is 3.71. The number of hydrogen-bond acceptors (Lipinski definition) is 5. The highest BCUT2D eigenvalue weighted by molar-refractivity contribution is 6.06. The van der Waals surface area contributed by atoms with Crippen LogP contribution in [0.2, 0.25) is 0 Å². The van der Waals surface area contributed by atoms with E-state index in [1.54, 1.807) is 0 Å². The van der Waals surface area contributed by atoms with Crippen molar-refractivity contribution in [3.63, 3.8) is 0 Å². The van der Waals surface area contributed by atoms with E-state index < -0.39 is 0 Å². The number of rotatable bonds is 10. The minimum Gasteiger partial charge on any atom is -0.490 e. The molecule has 0 amide bonds. The summed E-state index contributed by atoms with van der Waals surface area (Å²) in [7, 11) is 0. The highest BCUT2D eigenvalue weighted by Crippen LogP contribution is 2.41. The first-order valence-electron chi connectivity index (χ1n) is 11.6. The van der Waals surface area contributed by atoms with E-state index in [-0.39, 0.29) is 12.2 Å². The third-order valence-corrected chi connectivity index (χ3v) is 6.67. The number of benzene rings is 2. The SMILES string of the molecule is CCC(C)c1cc2oc3cc(C(C)CC)c(OCC4CO4)cc3c2cc1OCC1CO1. The standard InChI is InChI=1S/C26H32O5/c1-5-15(3)19-7-25-21(9-23(19)29-13-17-11-27-17)22-10-24(30-14-18-12-28-18)20(16(4)6-2)8-26(22)31-25/h7-10,15-18H,5-6,11-14H2,1-4H3. The summed E-state index contributed by atoms with van der Waals surface area (Å²) in [5.41, 5.74) is 4.19. The summed E-state index contributed by atoms with van der Waals surface area (Å²) in [5, 5.41) is 2.13. The summed E-state index contributed by atoms with van der Waals surface area (Å²) in [5.74, 6) is 2.64. The lowest BCUT2D eigenvalue weighted by molar-refractivity contribution is 0.260. The van der Waals surface area contributed by atoms with E-state index in [2.05, 4.69) is 52.0 Å². The summed E-state index contributed by atoms with van der Waals surface area (Å²) in [6, 6.07) is 8.60. The first kappa shape index (κ1) is 20.7. The molecule has 1 aromatic heterocycles. The molecule has 4 atom stereocenters. The molecule has 5 nitrogen and oxygen atoms in total. The van der Waals surface area contributed by atoms with Gasteiger partial charge in [-0.25, -0.2) is 0 Å². The van der Waals surface area contributed by atoms with Gasteiger partial charge >= 0.3 is 0 Å².